The van der Waals surface area contributed by atoms with Gasteiger partial charge in [0, 0.05) is 29.4 Å². The van der Waals surface area contributed by atoms with Crippen molar-refractivity contribution in [2.24, 2.45) is 11.8 Å². The van der Waals surface area contributed by atoms with Gasteiger partial charge in [0.1, 0.15) is 0 Å². The molecule has 0 saturated heterocycles. The third kappa shape index (κ3) is 10.2. The smallest absolute Gasteiger partial charge is 0.0464 e. The van der Waals surface area contributed by atoms with E-state index in [1.165, 1.54) is 61.4 Å². The molecule has 5 aromatic rings. The summed E-state index contributed by atoms with van der Waals surface area (Å²) < 4.78 is 0. The van der Waals surface area contributed by atoms with Crippen LogP contribution < -0.4 is 4.90 Å². The quantitative estimate of drug-likeness (QED) is 0.0850. The van der Waals surface area contributed by atoms with Gasteiger partial charge >= 0.3 is 0 Å². The maximum absolute atomic E-state index is 3.83. The Kier molecular flexibility index (Phi) is 14.2. The number of hydrogen-bond donors (Lipinski definition) is 0. The van der Waals surface area contributed by atoms with Crippen LogP contribution in [0, 0.1) is 11.8 Å². The predicted octanol–water partition coefficient (Wildman–Crippen LogP) is 16.3. The second-order valence-corrected chi connectivity index (χ2v) is 15.2. The number of nitrogens with zero attached hydrogens (tertiary/aromatic N) is 1. The molecular formula is C59H55N. The first-order chi connectivity index (χ1) is 29.5. The van der Waals surface area contributed by atoms with Crippen molar-refractivity contribution in [2.45, 2.75) is 33.6 Å². The number of rotatable bonds is 13. The molecule has 0 aromatic heterocycles. The zero-order valence-electron chi connectivity index (χ0n) is 35.2. The summed E-state index contributed by atoms with van der Waals surface area (Å²) in [5.41, 5.74) is 15.7. The van der Waals surface area contributed by atoms with Gasteiger partial charge < -0.3 is 4.90 Å². The molecule has 60 heavy (non-hydrogen) atoms. The Morgan fingerprint density at radius 1 is 0.683 bits per heavy atom. The molecule has 2 atom stereocenters. The summed E-state index contributed by atoms with van der Waals surface area (Å²) in [7, 11) is 0. The first-order valence-electron chi connectivity index (χ1n) is 21.2. The van der Waals surface area contributed by atoms with Crippen LogP contribution in [0.25, 0.3) is 39.0 Å². The standard InChI is InChI=1S/C59H55N/c1-5-7-14-24-45(3)46(4)35-37-53(6-2)60(54-38-41-56(47-25-15-9-8-10-16-26-47)57(42-39-54)48-27-17-11-18-28-48)55-34-23-33-51(43-55)52-36-40-58(49-29-19-12-20-30-49)59(44-52)50-31-21-13-22-32-50/h5-9,11-37,39-44,46-47H,1,10,38H2,2-4H3/b9-8-,14-7-,25-15-,26-16-,37-35-,45-24+,53-6+. The lowest BCUT2D eigenvalue weighted by molar-refractivity contribution is 0.860. The Morgan fingerprint density at radius 2 is 1.37 bits per heavy atom. The molecule has 0 radical (unpaired) electrons. The molecule has 0 amide bonds. The Labute approximate surface area is 358 Å². The lowest BCUT2D eigenvalue weighted by Crippen LogP contribution is -2.21. The molecule has 296 valence electrons. The summed E-state index contributed by atoms with van der Waals surface area (Å²) >= 11 is 0. The number of benzene rings is 5. The Hall–Kier alpha value is -6.96. The Balaban J connectivity index is 1.35. The number of allylic oxidation sites excluding steroid dienone is 19. The van der Waals surface area contributed by atoms with Crippen molar-refractivity contribution in [3.05, 3.63) is 265 Å². The average Bonchev–Trinajstić information content (AvgIpc) is 3.51. The van der Waals surface area contributed by atoms with Gasteiger partial charge in [-0.3, -0.25) is 0 Å². The second-order valence-electron chi connectivity index (χ2n) is 15.2. The molecule has 7 rings (SSSR count). The zero-order valence-corrected chi connectivity index (χ0v) is 35.2. The summed E-state index contributed by atoms with van der Waals surface area (Å²) in [6.45, 7) is 10.4. The van der Waals surface area contributed by atoms with E-state index in [0.717, 1.165) is 24.2 Å². The van der Waals surface area contributed by atoms with Gasteiger partial charge in [-0.15, -0.1) is 0 Å². The van der Waals surface area contributed by atoms with E-state index in [2.05, 4.69) is 251 Å². The second kappa shape index (κ2) is 20.6. The molecule has 1 nitrogen and oxygen atoms in total. The first kappa shape index (κ1) is 41.2. The maximum atomic E-state index is 3.83. The highest BCUT2D eigenvalue weighted by molar-refractivity contribution is 5.88. The van der Waals surface area contributed by atoms with Crippen molar-refractivity contribution >= 4 is 11.3 Å². The van der Waals surface area contributed by atoms with E-state index in [0.29, 0.717) is 0 Å². The van der Waals surface area contributed by atoms with Crippen LogP contribution in [0.1, 0.15) is 39.2 Å². The molecular weight excluding hydrogens is 723 g/mol. The summed E-state index contributed by atoms with van der Waals surface area (Å²) in [4.78, 5) is 2.45. The molecule has 0 fully saturated rings. The number of hydrogen-bond acceptors (Lipinski definition) is 1. The molecule has 0 aliphatic heterocycles. The molecule has 2 aliphatic carbocycles. The largest absolute Gasteiger partial charge is 0.314 e. The van der Waals surface area contributed by atoms with Gasteiger partial charge in [-0.25, -0.2) is 0 Å². The van der Waals surface area contributed by atoms with Gasteiger partial charge in [0.05, 0.1) is 0 Å². The van der Waals surface area contributed by atoms with Crippen molar-refractivity contribution in [1.82, 2.24) is 0 Å². The van der Waals surface area contributed by atoms with Crippen molar-refractivity contribution in [3.8, 4) is 33.4 Å². The molecule has 0 spiro atoms. The lowest BCUT2D eigenvalue weighted by atomic mass is 9.86. The highest BCUT2D eigenvalue weighted by Crippen LogP contribution is 2.40. The van der Waals surface area contributed by atoms with Gasteiger partial charge in [-0.05, 0) is 107 Å². The van der Waals surface area contributed by atoms with Gasteiger partial charge in [0.2, 0.25) is 0 Å². The van der Waals surface area contributed by atoms with E-state index in [-0.39, 0.29) is 11.8 Å². The number of anilines is 1. The van der Waals surface area contributed by atoms with E-state index in [1.807, 2.05) is 12.2 Å². The molecule has 0 N–H and O–H groups in total. The van der Waals surface area contributed by atoms with E-state index in [9.17, 15) is 0 Å². The minimum atomic E-state index is 0.162. The SMILES string of the molecule is C=C/C=C\C=C(/C)C(C)/C=C\C(=C/C)N(C1=CC=C(c2ccccc2)C(C2/C=C\C=C/C/C=C\2)=CC1)c1cccc(-c2ccc(-c3ccccc3)c(-c3ccccc3)c2)c1. The van der Waals surface area contributed by atoms with E-state index >= 15 is 0 Å². The summed E-state index contributed by atoms with van der Waals surface area (Å²) in [5, 5.41) is 0. The highest BCUT2D eigenvalue weighted by Gasteiger charge is 2.22. The van der Waals surface area contributed by atoms with Crippen molar-refractivity contribution < 1.29 is 0 Å². The molecule has 5 aromatic carbocycles. The lowest BCUT2D eigenvalue weighted by Gasteiger charge is -2.29. The third-order valence-electron chi connectivity index (χ3n) is 11.3. The van der Waals surface area contributed by atoms with Gasteiger partial charge in [-0.1, -0.05) is 219 Å². The topological polar surface area (TPSA) is 3.24 Å². The molecule has 0 bridgehead atoms. The summed E-state index contributed by atoms with van der Waals surface area (Å²) in [6.07, 6.45) is 37.2. The van der Waals surface area contributed by atoms with Crippen LogP contribution in [-0.2, 0) is 0 Å². The van der Waals surface area contributed by atoms with Gasteiger partial charge in [0.15, 0.2) is 0 Å². The monoisotopic (exact) mass is 777 g/mol. The van der Waals surface area contributed by atoms with Crippen molar-refractivity contribution in [2.75, 3.05) is 4.90 Å². The Bertz CT molecular complexity index is 2560. The molecule has 1 heteroatoms. The van der Waals surface area contributed by atoms with Crippen molar-refractivity contribution in [3.63, 3.8) is 0 Å². The van der Waals surface area contributed by atoms with Crippen molar-refractivity contribution in [1.29, 1.82) is 0 Å². The van der Waals surface area contributed by atoms with Crippen LogP contribution >= 0.6 is 0 Å². The minimum absolute atomic E-state index is 0.162. The van der Waals surface area contributed by atoms with Crippen LogP contribution in [0.3, 0.4) is 0 Å². The fraction of sp³-hybridized carbons (Fsp3) is 0.119. The molecule has 2 aliphatic rings. The average molecular weight is 778 g/mol. The Morgan fingerprint density at radius 3 is 2.08 bits per heavy atom. The van der Waals surface area contributed by atoms with Crippen LogP contribution in [-0.4, -0.2) is 0 Å². The molecule has 0 saturated carbocycles. The van der Waals surface area contributed by atoms with Crippen LogP contribution in [0.15, 0.2) is 260 Å². The van der Waals surface area contributed by atoms with E-state index in [1.54, 1.807) is 0 Å². The highest BCUT2D eigenvalue weighted by atomic mass is 15.2. The third-order valence-corrected chi connectivity index (χ3v) is 11.3. The molecule has 0 heterocycles. The van der Waals surface area contributed by atoms with E-state index in [4.69, 9.17) is 0 Å². The fourth-order valence-electron chi connectivity index (χ4n) is 7.83. The zero-order chi connectivity index (χ0) is 41.5. The van der Waals surface area contributed by atoms with Gasteiger partial charge in [-0.2, -0.15) is 0 Å². The maximum Gasteiger partial charge on any atom is 0.0464 e. The summed E-state index contributed by atoms with van der Waals surface area (Å²) in [6, 6.07) is 48.2. The van der Waals surface area contributed by atoms with E-state index < -0.39 is 0 Å². The predicted molar refractivity (Wildman–Crippen MR) is 261 cm³/mol. The molecule has 2 unspecified atom stereocenters. The first-order valence-corrected chi connectivity index (χ1v) is 21.2. The van der Waals surface area contributed by atoms with Crippen LogP contribution in [0.4, 0.5) is 5.69 Å². The minimum Gasteiger partial charge on any atom is -0.314 e. The summed E-state index contributed by atoms with van der Waals surface area (Å²) in [5.74, 6) is 0.406. The fourth-order valence-corrected chi connectivity index (χ4v) is 7.83. The van der Waals surface area contributed by atoms with Gasteiger partial charge in [0.25, 0.3) is 0 Å². The normalized spacial score (nSPS) is 18.1. The van der Waals surface area contributed by atoms with Crippen LogP contribution in [0.5, 0.6) is 0 Å². The van der Waals surface area contributed by atoms with Crippen LogP contribution in [0.2, 0.25) is 0 Å².